The number of carbonyl (C=O) groups excluding carboxylic acids is 3. The third kappa shape index (κ3) is 14.6. The van der Waals surface area contributed by atoms with Gasteiger partial charge >= 0.3 is 5.97 Å². The molecule has 0 saturated heterocycles. The average Bonchev–Trinajstić information content (AvgIpc) is 2.72. The molecule has 0 bridgehead atoms. The van der Waals surface area contributed by atoms with Crippen molar-refractivity contribution >= 4 is 23.6 Å². The largest absolute Gasteiger partial charge is 0.480 e. The van der Waals surface area contributed by atoms with Gasteiger partial charge in [-0.15, -0.1) is 0 Å². The van der Waals surface area contributed by atoms with Crippen LogP contribution in [0.3, 0.4) is 0 Å². The first-order valence-corrected chi connectivity index (χ1v) is 11.0. The van der Waals surface area contributed by atoms with Crippen LogP contribution in [0.25, 0.3) is 0 Å². The number of rotatable bonds is 18. The SMILES string of the molecule is CC(C)C(=O)CN(CCN(CCOO)CC(=O)N(C)C)CCN(CC(=O)O)CC(=O)N(C)C. The number of carboxylic acid groups (broad SMARTS) is 1. The number of aliphatic carboxylic acids is 1. The molecule has 0 fully saturated rings. The van der Waals surface area contributed by atoms with Crippen molar-refractivity contribution in [3.05, 3.63) is 0 Å². The van der Waals surface area contributed by atoms with E-state index >= 15 is 0 Å². The number of carbonyl (C=O) groups is 4. The molecule has 0 saturated carbocycles. The van der Waals surface area contributed by atoms with Gasteiger partial charge in [0.15, 0.2) is 0 Å². The maximum atomic E-state index is 12.4. The number of Topliss-reactive ketones (excluding diaryl/α,β-unsaturated/α-hetero) is 1. The van der Waals surface area contributed by atoms with Crippen molar-refractivity contribution in [2.24, 2.45) is 5.92 Å². The van der Waals surface area contributed by atoms with E-state index in [-0.39, 0.29) is 62.8 Å². The average molecular weight is 476 g/mol. The van der Waals surface area contributed by atoms with Gasteiger partial charge in [-0.1, -0.05) is 13.8 Å². The van der Waals surface area contributed by atoms with Crippen molar-refractivity contribution in [3.8, 4) is 0 Å². The second-order valence-electron chi connectivity index (χ2n) is 8.69. The maximum Gasteiger partial charge on any atom is 0.317 e. The predicted octanol–water partition coefficient (Wildman–Crippen LogP) is -1.13. The van der Waals surface area contributed by atoms with E-state index in [9.17, 15) is 24.3 Å². The summed E-state index contributed by atoms with van der Waals surface area (Å²) in [4.78, 5) is 60.1. The molecule has 0 heterocycles. The van der Waals surface area contributed by atoms with Crippen LogP contribution in [0.4, 0.5) is 0 Å². The van der Waals surface area contributed by atoms with E-state index in [0.29, 0.717) is 26.2 Å². The Morgan fingerprint density at radius 3 is 1.52 bits per heavy atom. The first-order valence-electron chi connectivity index (χ1n) is 11.0. The molecule has 2 N–H and O–H groups in total. The molecule has 12 nitrogen and oxygen atoms in total. The Morgan fingerprint density at radius 1 is 0.697 bits per heavy atom. The highest BCUT2D eigenvalue weighted by molar-refractivity contribution is 5.82. The number of hydrogen-bond acceptors (Lipinski definition) is 9. The molecule has 0 radical (unpaired) electrons. The molecular formula is C21H41N5O7. The fourth-order valence-electron chi connectivity index (χ4n) is 2.75. The van der Waals surface area contributed by atoms with Gasteiger partial charge in [-0.2, -0.15) is 0 Å². The lowest BCUT2D eigenvalue weighted by molar-refractivity contribution is -0.244. The van der Waals surface area contributed by atoms with Crippen molar-refractivity contribution in [1.29, 1.82) is 0 Å². The van der Waals surface area contributed by atoms with Gasteiger partial charge in [-0.05, 0) is 0 Å². The Morgan fingerprint density at radius 2 is 1.12 bits per heavy atom. The number of likely N-dealkylation sites (N-methyl/N-ethyl adjacent to an activating group) is 2. The molecule has 0 aromatic carbocycles. The summed E-state index contributed by atoms with van der Waals surface area (Å²) in [6.07, 6.45) is 0. The van der Waals surface area contributed by atoms with Crippen LogP contribution in [-0.2, 0) is 24.1 Å². The summed E-state index contributed by atoms with van der Waals surface area (Å²) in [5, 5.41) is 17.9. The van der Waals surface area contributed by atoms with Crippen molar-refractivity contribution in [3.63, 3.8) is 0 Å². The first kappa shape index (κ1) is 30.9. The van der Waals surface area contributed by atoms with Gasteiger partial charge < -0.3 is 14.9 Å². The lowest BCUT2D eigenvalue weighted by atomic mass is 10.1. The summed E-state index contributed by atoms with van der Waals surface area (Å²) >= 11 is 0. The zero-order valence-electron chi connectivity index (χ0n) is 20.8. The van der Waals surface area contributed by atoms with E-state index in [1.54, 1.807) is 28.2 Å². The Hall–Kier alpha value is -2.12. The van der Waals surface area contributed by atoms with Crippen LogP contribution in [-0.4, -0.2) is 152 Å². The molecule has 0 aliphatic rings. The van der Waals surface area contributed by atoms with Crippen molar-refractivity contribution in [2.45, 2.75) is 13.8 Å². The molecular weight excluding hydrogens is 434 g/mol. The fourth-order valence-corrected chi connectivity index (χ4v) is 2.75. The molecule has 0 aromatic heterocycles. The van der Waals surface area contributed by atoms with Crippen LogP contribution in [0.5, 0.6) is 0 Å². The Labute approximate surface area is 196 Å². The Balaban J connectivity index is 5.25. The smallest absolute Gasteiger partial charge is 0.317 e. The standard InChI is InChI=1S/C21H41N5O7/c1-17(2)18(27)13-24(7-8-25(11-12-33-32)14-19(28)22(3)4)9-10-26(16-21(30)31)15-20(29)23(5)6/h17,32H,7-16H2,1-6H3,(H,30,31). The quantitative estimate of drug-likeness (QED) is 0.185. The van der Waals surface area contributed by atoms with Gasteiger partial charge in [-0.25, -0.2) is 4.89 Å². The second kappa shape index (κ2) is 16.5. The summed E-state index contributed by atoms with van der Waals surface area (Å²) in [6.45, 7) is 5.49. The van der Waals surface area contributed by atoms with Gasteiger partial charge in [0.1, 0.15) is 5.78 Å². The highest BCUT2D eigenvalue weighted by atomic mass is 17.1. The Bertz CT molecular complexity index is 628. The minimum absolute atomic E-state index is 0.0324. The third-order valence-corrected chi connectivity index (χ3v) is 5.06. The number of carboxylic acids is 1. The van der Waals surface area contributed by atoms with E-state index in [2.05, 4.69) is 4.89 Å². The summed E-state index contributed by atoms with van der Waals surface area (Å²) in [6, 6.07) is 0. The van der Waals surface area contributed by atoms with Gasteiger partial charge in [0, 0.05) is 66.8 Å². The van der Waals surface area contributed by atoms with E-state index in [1.807, 2.05) is 23.6 Å². The second-order valence-corrected chi connectivity index (χ2v) is 8.69. The minimum atomic E-state index is -1.04. The topological polar surface area (TPSA) is 134 Å². The summed E-state index contributed by atoms with van der Waals surface area (Å²) in [5.41, 5.74) is 0. The summed E-state index contributed by atoms with van der Waals surface area (Å²) < 4.78 is 0. The highest BCUT2D eigenvalue weighted by Crippen LogP contribution is 2.02. The predicted molar refractivity (Wildman–Crippen MR) is 123 cm³/mol. The molecule has 33 heavy (non-hydrogen) atoms. The first-order chi connectivity index (χ1) is 15.4. The van der Waals surface area contributed by atoms with E-state index < -0.39 is 5.97 Å². The zero-order valence-corrected chi connectivity index (χ0v) is 20.8. The fraction of sp³-hybridized carbons (Fsp3) is 0.810. The highest BCUT2D eigenvalue weighted by Gasteiger charge is 2.20. The lowest BCUT2D eigenvalue weighted by Crippen LogP contribution is -2.47. The molecule has 12 heteroatoms. The molecule has 0 aliphatic carbocycles. The number of amides is 2. The van der Waals surface area contributed by atoms with Crippen molar-refractivity contribution in [2.75, 3.05) is 93.7 Å². The van der Waals surface area contributed by atoms with E-state index in [4.69, 9.17) is 5.26 Å². The minimum Gasteiger partial charge on any atom is -0.480 e. The lowest BCUT2D eigenvalue weighted by Gasteiger charge is -2.30. The van der Waals surface area contributed by atoms with Crippen LogP contribution >= 0.6 is 0 Å². The molecule has 0 rings (SSSR count). The number of ketones is 1. The summed E-state index contributed by atoms with van der Waals surface area (Å²) in [5.74, 6) is -1.47. The molecule has 0 aliphatic heterocycles. The molecule has 0 aromatic rings. The maximum absolute atomic E-state index is 12.4. The van der Waals surface area contributed by atoms with Gasteiger partial charge in [0.2, 0.25) is 11.8 Å². The van der Waals surface area contributed by atoms with Crippen LogP contribution < -0.4 is 0 Å². The van der Waals surface area contributed by atoms with Crippen LogP contribution in [0.15, 0.2) is 0 Å². The van der Waals surface area contributed by atoms with Crippen molar-refractivity contribution < 1.29 is 34.4 Å². The van der Waals surface area contributed by atoms with Crippen LogP contribution in [0.2, 0.25) is 0 Å². The van der Waals surface area contributed by atoms with Gasteiger partial charge in [0.05, 0.1) is 32.8 Å². The van der Waals surface area contributed by atoms with E-state index in [0.717, 1.165) is 0 Å². The molecule has 0 unspecified atom stereocenters. The van der Waals surface area contributed by atoms with Crippen LogP contribution in [0, 0.1) is 5.92 Å². The van der Waals surface area contributed by atoms with E-state index in [1.165, 1.54) is 14.7 Å². The normalized spacial score (nSPS) is 11.5. The number of nitrogens with zero attached hydrogens (tertiary/aromatic N) is 5. The third-order valence-electron chi connectivity index (χ3n) is 5.06. The molecule has 192 valence electrons. The molecule has 0 spiro atoms. The molecule has 0 atom stereocenters. The molecule has 2 amide bonds. The van der Waals surface area contributed by atoms with Gasteiger partial charge in [-0.3, -0.25) is 39.1 Å². The monoisotopic (exact) mass is 475 g/mol. The number of hydrogen-bond donors (Lipinski definition) is 2. The Kier molecular flexibility index (Phi) is 15.4. The van der Waals surface area contributed by atoms with Crippen molar-refractivity contribution in [1.82, 2.24) is 24.5 Å². The van der Waals surface area contributed by atoms with Crippen LogP contribution in [0.1, 0.15) is 13.8 Å². The van der Waals surface area contributed by atoms with Gasteiger partial charge in [0.25, 0.3) is 0 Å². The summed E-state index contributed by atoms with van der Waals surface area (Å²) in [7, 11) is 6.52. The zero-order chi connectivity index (χ0) is 25.6.